The average molecular weight is 159 g/mol. The van der Waals surface area contributed by atoms with Crippen LogP contribution in [0.25, 0.3) is 0 Å². The molecule has 0 bridgehead atoms. The third-order valence-electron chi connectivity index (χ3n) is 2.16. The number of hydrogen-bond acceptors (Lipinski definition) is 3. The molecule has 4 nitrogen and oxygen atoms in total. The van der Waals surface area contributed by atoms with E-state index in [1.807, 2.05) is 0 Å². The van der Waals surface area contributed by atoms with Crippen LogP contribution in [0, 0.1) is 0 Å². The molecule has 2 atom stereocenters. The molecular formula is C7H13NO3. The molecule has 0 aromatic rings. The number of nitrogens with one attached hydrogen (secondary N) is 1. The molecule has 1 aliphatic heterocycles. The first-order valence-corrected chi connectivity index (χ1v) is 3.60. The van der Waals surface area contributed by atoms with Gasteiger partial charge in [-0.05, 0) is 6.92 Å². The van der Waals surface area contributed by atoms with E-state index in [0.29, 0.717) is 13.0 Å². The van der Waals surface area contributed by atoms with Gasteiger partial charge in [0.2, 0.25) is 0 Å². The molecule has 1 rings (SSSR count). The predicted octanol–water partition coefficient (Wildman–Crippen LogP) is -0.162. The third-order valence-corrected chi connectivity index (χ3v) is 2.16. The van der Waals surface area contributed by atoms with Crippen molar-refractivity contribution in [2.24, 2.45) is 0 Å². The molecule has 11 heavy (non-hydrogen) atoms. The van der Waals surface area contributed by atoms with Crippen LogP contribution in [0.1, 0.15) is 13.3 Å². The Kier molecular flexibility index (Phi) is 2.15. The van der Waals surface area contributed by atoms with Crippen molar-refractivity contribution in [3.05, 3.63) is 0 Å². The predicted molar refractivity (Wildman–Crippen MR) is 39.5 cm³/mol. The van der Waals surface area contributed by atoms with Crippen molar-refractivity contribution < 1.29 is 14.6 Å². The Hall–Kier alpha value is -0.610. The van der Waals surface area contributed by atoms with Crippen LogP contribution in [0.2, 0.25) is 0 Å². The van der Waals surface area contributed by atoms with Crippen LogP contribution < -0.4 is 5.32 Å². The quantitative estimate of drug-likeness (QED) is 0.587. The molecule has 4 heteroatoms. The van der Waals surface area contributed by atoms with E-state index in [1.165, 1.54) is 0 Å². The van der Waals surface area contributed by atoms with Crippen molar-refractivity contribution in [1.82, 2.24) is 5.32 Å². The smallest absolute Gasteiger partial charge is 0.323 e. The lowest BCUT2D eigenvalue weighted by Gasteiger charge is -2.17. The van der Waals surface area contributed by atoms with E-state index in [4.69, 9.17) is 9.84 Å². The monoisotopic (exact) mass is 159 g/mol. The molecule has 0 spiro atoms. The molecule has 64 valence electrons. The summed E-state index contributed by atoms with van der Waals surface area (Å²) < 4.78 is 5.03. The number of carboxylic acids is 1. The van der Waals surface area contributed by atoms with Crippen LogP contribution in [0.4, 0.5) is 0 Å². The van der Waals surface area contributed by atoms with Gasteiger partial charge in [0.1, 0.15) is 5.54 Å². The molecule has 0 amide bonds. The summed E-state index contributed by atoms with van der Waals surface area (Å²) in [6.45, 7) is 2.30. The van der Waals surface area contributed by atoms with Gasteiger partial charge in [-0.25, -0.2) is 0 Å². The standard InChI is InChI=1S/C7H13NO3/c1-7(6(9)10)3-5(11-2)4-8-7/h5,8H,3-4H2,1-2H3,(H,9,10)/t5-,7-/m1/s1. The number of carbonyl (C=O) groups is 1. The van der Waals surface area contributed by atoms with Gasteiger partial charge in [-0.1, -0.05) is 0 Å². The minimum Gasteiger partial charge on any atom is -0.480 e. The highest BCUT2D eigenvalue weighted by Gasteiger charge is 2.40. The number of methoxy groups -OCH3 is 1. The Labute approximate surface area is 65.5 Å². The number of carboxylic acid groups (broad SMARTS) is 1. The first kappa shape index (κ1) is 8.49. The molecule has 0 aliphatic carbocycles. The summed E-state index contributed by atoms with van der Waals surface area (Å²) in [7, 11) is 1.60. The first-order valence-electron chi connectivity index (χ1n) is 3.60. The van der Waals surface area contributed by atoms with Crippen LogP contribution in [0.3, 0.4) is 0 Å². The van der Waals surface area contributed by atoms with E-state index in [9.17, 15) is 4.79 Å². The van der Waals surface area contributed by atoms with Crippen molar-refractivity contribution in [2.45, 2.75) is 25.0 Å². The average Bonchev–Trinajstić information content (AvgIpc) is 2.33. The number of aliphatic carboxylic acids is 1. The van der Waals surface area contributed by atoms with E-state index in [1.54, 1.807) is 14.0 Å². The molecule has 0 saturated carbocycles. The SMILES string of the molecule is CO[C@H]1CN[C@@](C)(C(=O)O)C1. The molecule has 0 radical (unpaired) electrons. The fraction of sp³-hybridized carbons (Fsp3) is 0.857. The van der Waals surface area contributed by atoms with Crippen molar-refractivity contribution in [3.8, 4) is 0 Å². The summed E-state index contributed by atoms with van der Waals surface area (Å²) >= 11 is 0. The lowest BCUT2D eigenvalue weighted by molar-refractivity contribution is -0.143. The van der Waals surface area contributed by atoms with Crippen LogP contribution in [0.5, 0.6) is 0 Å². The highest BCUT2D eigenvalue weighted by Crippen LogP contribution is 2.20. The Morgan fingerprint density at radius 3 is 2.73 bits per heavy atom. The van der Waals surface area contributed by atoms with Gasteiger partial charge in [0.15, 0.2) is 0 Å². The van der Waals surface area contributed by atoms with Crippen LogP contribution in [-0.4, -0.2) is 36.4 Å². The zero-order chi connectivity index (χ0) is 8.48. The fourth-order valence-electron chi connectivity index (χ4n) is 1.27. The van der Waals surface area contributed by atoms with Crippen LogP contribution in [0.15, 0.2) is 0 Å². The summed E-state index contributed by atoms with van der Waals surface area (Å²) in [6.07, 6.45) is 0.579. The highest BCUT2D eigenvalue weighted by atomic mass is 16.5. The molecule has 0 aromatic heterocycles. The lowest BCUT2D eigenvalue weighted by atomic mass is 10.0. The zero-order valence-corrected chi connectivity index (χ0v) is 6.76. The summed E-state index contributed by atoms with van der Waals surface area (Å²) in [5, 5.41) is 11.7. The minimum absolute atomic E-state index is 0.0381. The van der Waals surface area contributed by atoms with Gasteiger partial charge < -0.3 is 9.84 Å². The molecular weight excluding hydrogens is 146 g/mol. The largest absolute Gasteiger partial charge is 0.480 e. The van der Waals surface area contributed by atoms with Crippen molar-refractivity contribution in [3.63, 3.8) is 0 Å². The van der Waals surface area contributed by atoms with E-state index < -0.39 is 11.5 Å². The normalized spacial score (nSPS) is 37.5. The van der Waals surface area contributed by atoms with Gasteiger partial charge in [0.25, 0.3) is 0 Å². The summed E-state index contributed by atoms with van der Waals surface area (Å²) in [5.41, 5.74) is -0.791. The van der Waals surface area contributed by atoms with Gasteiger partial charge >= 0.3 is 5.97 Å². The van der Waals surface area contributed by atoms with Crippen molar-refractivity contribution >= 4 is 5.97 Å². The van der Waals surface area contributed by atoms with Gasteiger partial charge in [-0.15, -0.1) is 0 Å². The van der Waals surface area contributed by atoms with Crippen molar-refractivity contribution in [2.75, 3.05) is 13.7 Å². The summed E-state index contributed by atoms with van der Waals surface area (Å²) in [5.74, 6) is -0.808. The Balaban J connectivity index is 2.57. The molecule has 1 aliphatic rings. The number of ether oxygens (including phenoxy) is 1. The van der Waals surface area contributed by atoms with Crippen LogP contribution >= 0.6 is 0 Å². The molecule has 2 N–H and O–H groups in total. The second kappa shape index (κ2) is 2.79. The van der Waals surface area contributed by atoms with E-state index in [-0.39, 0.29) is 6.10 Å². The first-order chi connectivity index (χ1) is 5.08. The van der Waals surface area contributed by atoms with Crippen LogP contribution in [-0.2, 0) is 9.53 Å². The van der Waals surface area contributed by atoms with Gasteiger partial charge in [0, 0.05) is 20.1 Å². The van der Waals surface area contributed by atoms with Gasteiger partial charge in [-0.3, -0.25) is 10.1 Å². The molecule has 1 fully saturated rings. The van der Waals surface area contributed by atoms with E-state index >= 15 is 0 Å². The summed E-state index contributed by atoms with van der Waals surface area (Å²) in [6, 6.07) is 0. The topological polar surface area (TPSA) is 58.6 Å². The number of hydrogen-bond donors (Lipinski definition) is 2. The Morgan fingerprint density at radius 2 is 2.45 bits per heavy atom. The Morgan fingerprint density at radius 1 is 1.82 bits per heavy atom. The zero-order valence-electron chi connectivity index (χ0n) is 6.76. The maximum Gasteiger partial charge on any atom is 0.323 e. The van der Waals surface area contributed by atoms with E-state index in [2.05, 4.69) is 5.32 Å². The Bertz CT molecular complexity index is 171. The van der Waals surface area contributed by atoms with E-state index in [0.717, 1.165) is 0 Å². The van der Waals surface area contributed by atoms with Crippen molar-refractivity contribution in [1.29, 1.82) is 0 Å². The highest BCUT2D eigenvalue weighted by molar-refractivity contribution is 5.78. The molecule has 1 saturated heterocycles. The second-order valence-electron chi connectivity index (χ2n) is 3.08. The molecule has 0 unspecified atom stereocenters. The third kappa shape index (κ3) is 1.52. The summed E-state index contributed by atoms with van der Waals surface area (Å²) in [4.78, 5) is 10.7. The minimum atomic E-state index is -0.808. The second-order valence-corrected chi connectivity index (χ2v) is 3.08. The molecule has 0 aromatic carbocycles. The maximum absolute atomic E-state index is 10.7. The fourth-order valence-corrected chi connectivity index (χ4v) is 1.27. The van der Waals surface area contributed by atoms with Gasteiger partial charge in [-0.2, -0.15) is 0 Å². The maximum atomic E-state index is 10.7. The lowest BCUT2D eigenvalue weighted by Crippen LogP contribution is -2.44. The molecule has 1 heterocycles. The number of rotatable bonds is 2. The van der Waals surface area contributed by atoms with Gasteiger partial charge in [0.05, 0.1) is 6.10 Å².